The summed E-state index contributed by atoms with van der Waals surface area (Å²) in [5.74, 6) is 0.878. The van der Waals surface area contributed by atoms with Gasteiger partial charge in [-0.1, -0.05) is 12.1 Å². The van der Waals surface area contributed by atoms with Crippen LogP contribution in [0.5, 0.6) is 0 Å². The minimum Gasteiger partial charge on any atom is -0.452 e. The molecule has 1 aromatic heterocycles. The van der Waals surface area contributed by atoms with Gasteiger partial charge in [0, 0.05) is 5.69 Å². The first-order chi connectivity index (χ1) is 8.19. The third-order valence-electron chi connectivity index (χ3n) is 2.54. The molecule has 0 spiro atoms. The van der Waals surface area contributed by atoms with E-state index in [1.165, 1.54) is 0 Å². The summed E-state index contributed by atoms with van der Waals surface area (Å²) < 4.78 is 6.21. The Morgan fingerprint density at radius 3 is 2.47 bits per heavy atom. The Hall–Kier alpha value is -1.26. The van der Waals surface area contributed by atoms with Gasteiger partial charge in [0.15, 0.2) is 4.67 Å². The van der Waals surface area contributed by atoms with Gasteiger partial charge in [-0.15, -0.1) is 0 Å². The molecule has 0 saturated carbocycles. The van der Waals surface area contributed by atoms with E-state index in [9.17, 15) is 0 Å². The first-order valence-corrected chi connectivity index (χ1v) is 6.20. The Labute approximate surface area is 109 Å². The zero-order chi connectivity index (χ0) is 12.3. The molecule has 0 bridgehead atoms. The molecule has 90 valence electrons. The molecule has 2 aromatic rings. The number of anilines is 1. The molecule has 0 aliphatic heterocycles. The van der Waals surface area contributed by atoms with Crippen LogP contribution in [0.3, 0.4) is 0 Å². The lowest BCUT2D eigenvalue weighted by molar-refractivity contribution is 0.282. The van der Waals surface area contributed by atoms with Crippen LogP contribution in [-0.2, 0) is 6.61 Å². The summed E-state index contributed by atoms with van der Waals surface area (Å²) in [5, 5.41) is 12.3. The van der Waals surface area contributed by atoms with E-state index in [1.807, 2.05) is 43.3 Å². The van der Waals surface area contributed by atoms with Crippen molar-refractivity contribution in [2.24, 2.45) is 0 Å². The topological polar surface area (TPSA) is 45.4 Å². The van der Waals surface area contributed by atoms with Crippen molar-refractivity contribution in [1.82, 2.24) is 0 Å². The van der Waals surface area contributed by atoms with Crippen molar-refractivity contribution in [3.05, 3.63) is 52.4 Å². The molecule has 17 heavy (non-hydrogen) atoms. The second-order valence-corrected chi connectivity index (χ2v) is 4.64. The summed E-state index contributed by atoms with van der Waals surface area (Å²) in [6.07, 6.45) is 0. The molecule has 1 heterocycles. The molecule has 4 heteroatoms. The van der Waals surface area contributed by atoms with Crippen molar-refractivity contribution in [2.75, 3.05) is 5.32 Å². The van der Waals surface area contributed by atoms with Gasteiger partial charge >= 0.3 is 0 Å². The quantitative estimate of drug-likeness (QED) is 0.904. The Morgan fingerprint density at radius 1 is 1.24 bits per heavy atom. The maximum Gasteiger partial charge on any atom is 0.169 e. The van der Waals surface area contributed by atoms with E-state index in [4.69, 9.17) is 9.52 Å². The molecule has 3 nitrogen and oxygen atoms in total. The third-order valence-corrected chi connectivity index (χ3v) is 2.97. The van der Waals surface area contributed by atoms with Gasteiger partial charge in [-0.05, 0) is 52.7 Å². The average molecular weight is 296 g/mol. The number of nitrogens with one attached hydrogen (secondary N) is 1. The second-order valence-electron chi connectivity index (χ2n) is 3.86. The van der Waals surface area contributed by atoms with Crippen molar-refractivity contribution in [3.8, 4) is 0 Å². The fraction of sp³-hybridized carbons (Fsp3) is 0.231. The van der Waals surface area contributed by atoms with Crippen molar-refractivity contribution in [1.29, 1.82) is 0 Å². The predicted octanol–water partition coefficient (Wildman–Crippen LogP) is 3.71. The number of rotatable bonds is 4. The molecule has 2 N–H and O–H groups in total. The molecule has 1 atom stereocenters. The van der Waals surface area contributed by atoms with Crippen LogP contribution in [0, 0.1) is 0 Å². The van der Waals surface area contributed by atoms with Crippen LogP contribution in [0.4, 0.5) is 5.69 Å². The number of hydrogen-bond donors (Lipinski definition) is 2. The monoisotopic (exact) mass is 295 g/mol. The summed E-state index contributed by atoms with van der Waals surface area (Å²) in [6.45, 7) is 2.10. The number of aliphatic hydroxyl groups is 1. The van der Waals surface area contributed by atoms with Crippen LogP contribution < -0.4 is 5.32 Å². The molecule has 1 unspecified atom stereocenters. The van der Waals surface area contributed by atoms with Crippen molar-refractivity contribution < 1.29 is 9.52 Å². The summed E-state index contributed by atoms with van der Waals surface area (Å²) in [5.41, 5.74) is 1.91. The molecular formula is C13H14BrNO2. The van der Waals surface area contributed by atoms with Crippen LogP contribution >= 0.6 is 15.9 Å². The fourth-order valence-corrected chi connectivity index (χ4v) is 1.91. The molecule has 0 amide bonds. The molecule has 0 fully saturated rings. The average Bonchev–Trinajstić information content (AvgIpc) is 2.77. The van der Waals surface area contributed by atoms with Gasteiger partial charge in [-0.3, -0.25) is 0 Å². The van der Waals surface area contributed by atoms with Crippen molar-refractivity contribution in [3.63, 3.8) is 0 Å². The first kappa shape index (κ1) is 12.2. The Bertz CT molecular complexity index is 478. The van der Waals surface area contributed by atoms with E-state index in [1.54, 1.807) is 0 Å². The highest BCUT2D eigenvalue weighted by Crippen LogP contribution is 2.23. The Balaban J connectivity index is 2.04. The zero-order valence-electron chi connectivity index (χ0n) is 9.48. The molecule has 0 aliphatic carbocycles. The van der Waals surface area contributed by atoms with E-state index in [0.29, 0.717) is 0 Å². The van der Waals surface area contributed by atoms with E-state index in [-0.39, 0.29) is 12.6 Å². The van der Waals surface area contributed by atoms with E-state index in [0.717, 1.165) is 21.7 Å². The third kappa shape index (κ3) is 3.11. The summed E-state index contributed by atoms with van der Waals surface area (Å²) in [6, 6.07) is 11.6. The number of aliphatic hydroxyl groups excluding tert-OH is 1. The van der Waals surface area contributed by atoms with Crippen LogP contribution in [0.25, 0.3) is 0 Å². The molecule has 0 saturated heterocycles. The number of halogens is 1. The predicted molar refractivity (Wildman–Crippen MR) is 70.8 cm³/mol. The molecule has 0 radical (unpaired) electrons. The van der Waals surface area contributed by atoms with Crippen molar-refractivity contribution >= 4 is 21.6 Å². The number of hydrogen-bond acceptors (Lipinski definition) is 3. The van der Waals surface area contributed by atoms with Crippen molar-refractivity contribution in [2.45, 2.75) is 19.6 Å². The normalized spacial score (nSPS) is 12.4. The smallest absolute Gasteiger partial charge is 0.169 e. The highest BCUT2D eigenvalue weighted by molar-refractivity contribution is 9.10. The van der Waals surface area contributed by atoms with Gasteiger partial charge in [0.25, 0.3) is 0 Å². The SMILES string of the molecule is CC(Nc1ccc(CO)cc1)c1ccc(Br)o1. The molecular weight excluding hydrogens is 282 g/mol. The molecule has 1 aromatic carbocycles. The van der Waals surface area contributed by atoms with Gasteiger partial charge in [-0.2, -0.15) is 0 Å². The standard InChI is InChI=1S/C13H14BrNO2/c1-9(12-6-7-13(14)17-12)15-11-4-2-10(8-16)3-5-11/h2-7,9,15-16H,8H2,1H3. The summed E-state index contributed by atoms with van der Waals surface area (Å²) in [7, 11) is 0. The van der Waals surface area contributed by atoms with Crippen LogP contribution in [0.1, 0.15) is 24.3 Å². The number of furan rings is 1. The van der Waals surface area contributed by atoms with Gasteiger partial charge in [-0.25, -0.2) is 0 Å². The van der Waals surface area contributed by atoms with Gasteiger partial charge in [0.05, 0.1) is 12.6 Å². The largest absolute Gasteiger partial charge is 0.452 e. The van der Waals surface area contributed by atoms with E-state index in [2.05, 4.69) is 21.2 Å². The Morgan fingerprint density at radius 2 is 1.94 bits per heavy atom. The lowest BCUT2D eigenvalue weighted by atomic mass is 10.2. The van der Waals surface area contributed by atoms with Gasteiger partial charge in [0.1, 0.15) is 5.76 Å². The number of benzene rings is 1. The molecule has 0 aliphatic rings. The lowest BCUT2D eigenvalue weighted by Gasteiger charge is -2.13. The van der Waals surface area contributed by atoms with Crippen LogP contribution in [-0.4, -0.2) is 5.11 Å². The van der Waals surface area contributed by atoms with E-state index < -0.39 is 0 Å². The highest BCUT2D eigenvalue weighted by Gasteiger charge is 2.09. The van der Waals surface area contributed by atoms with E-state index >= 15 is 0 Å². The highest BCUT2D eigenvalue weighted by atomic mass is 79.9. The van der Waals surface area contributed by atoms with Crippen LogP contribution in [0.15, 0.2) is 45.5 Å². The zero-order valence-corrected chi connectivity index (χ0v) is 11.1. The maximum atomic E-state index is 8.95. The lowest BCUT2D eigenvalue weighted by Crippen LogP contribution is -2.05. The minimum absolute atomic E-state index is 0.0704. The Kier molecular flexibility index (Phi) is 3.86. The first-order valence-electron chi connectivity index (χ1n) is 5.40. The maximum absolute atomic E-state index is 8.95. The summed E-state index contributed by atoms with van der Waals surface area (Å²) in [4.78, 5) is 0. The van der Waals surface area contributed by atoms with Crippen LogP contribution in [0.2, 0.25) is 0 Å². The summed E-state index contributed by atoms with van der Waals surface area (Å²) >= 11 is 3.28. The minimum atomic E-state index is 0.0704. The second kappa shape index (κ2) is 5.38. The van der Waals surface area contributed by atoms with Gasteiger partial charge in [0.2, 0.25) is 0 Å². The fourth-order valence-electron chi connectivity index (χ4n) is 1.59. The molecule has 2 rings (SSSR count). The van der Waals surface area contributed by atoms with Gasteiger partial charge < -0.3 is 14.8 Å².